The number of fused-ring (bicyclic) bond motifs is 1. The number of hydrogen-bond donors (Lipinski definition) is 3. The average Bonchev–Trinajstić information content (AvgIpc) is 2.66. The number of aryl methyl sites for hydroxylation is 1. The highest BCUT2D eigenvalue weighted by Crippen LogP contribution is 2.07. The standard InChI is InChI=1S/C19H24N4O5/c1-3-12(2)20-19(27)23-16(24)11-28-17(25)10-6-9-15-21-14-8-5-4-7-13(14)18(26)22-15/h4-5,7-8,12H,3,6,9-11H2,1-2H3,(H,21,22,26)(H2,20,23,24,27)/t12-/m0/s1. The van der Waals surface area contributed by atoms with Gasteiger partial charge in [-0.2, -0.15) is 0 Å². The number of benzene rings is 1. The number of nitrogens with one attached hydrogen (secondary N) is 3. The summed E-state index contributed by atoms with van der Waals surface area (Å²) in [5.74, 6) is -0.786. The van der Waals surface area contributed by atoms with Gasteiger partial charge in [-0.25, -0.2) is 9.78 Å². The number of carbonyl (C=O) groups is 3. The van der Waals surface area contributed by atoms with E-state index in [9.17, 15) is 19.2 Å². The van der Waals surface area contributed by atoms with E-state index in [2.05, 4.69) is 20.6 Å². The number of para-hydroxylation sites is 1. The predicted octanol–water partition coefficient (Wildman–Crippen LogP) is 1.41. The van der Waals surface area contributed by atoms with E-state index in [1.165, 1.54) is 0 Å². The SMILES string of the molecule is CC[C@H](C)NC(=O)NC(=O)COC(=O)CCCc1nc2ccccc2c(=O)[nH]1. The number of carbonyl (C=O) groups excluding carboxylic acids is 3. The molecule has 0 aliphatic carbocycles. The molecule has 0 radical (unpaired) electrons. The van der Waals surface area contributed by atoms with Crippen LogP contribution in [0.1, 0.15) is 38.9 Å². The van der Waals surface area contributed by atoms with Crippen molar-refractivity contribution in [2.45, 2.75) is 45.6 Å². The van der Waals surface area contributed by atoms with Crippen LogP contribution in [0.4, 0.5) is 4.79 Å². The van der Waals surface area contributed by atoms with Crippen molar-refractivity contribution in [2.75, 3.05) is 6.61 Å². The maximum Gasteiger partial charge on any atom is 0.321 e. The third-order valence-electron chi connectivity index (χ3n) is 4.06. The Morgan fingerprint density at radius 2 is 2.00 bits per heavy atom. The lowest BCUT2D eigenvalue weighted by Gasteiger charge is -2.11. The maximum atomic E-state index is 12.0. The summed E-state index contributed by atoms with van der Waals surface area (Å²) in [5.41, 5.74) is 0.367. The second-order valence-corrected chi connectivity index (χ2v) is 6.37. The number of esters is 1. The van der Waals surface area contributed by atoms with Gasteiger partial charge in [0.15, 0.2) is 6.61 Å². The lowest BCUT2D eigenvalue weighted by Crippen LogP contribution is -2.44. The number of urea groups is 1. The van der Waals surface area contributed by atoms with Gasteiger partial charge in [0.2, 0.25) is 0 Å². The molecule has 1 aromatic carbocycles. The van der Waals surface area contributed by atoms with Gasteiger partial charge in [0.25, 0.3) is 11.5 Å². The fourth-order valence-electron chi connectivity index (χ4n) is 2.40. The first-order valence-electron chi connectivity index (χ1n) is 9.13. The molecule has 0 aliphatic heterocycles. The molecule has 0 saturated carbocycles. The Morgan fingerprint density at radius 1 is 1.25 bits per heavy atom. The zero-order valence-corrected chi connectivity index (χ0v) is 15.9. The zero-order chi connectivity index (χ0) is 20.5. The lowest BCUT2D eigenvalue weighted by molar-refractivity contribution is -0.148. The molecular formula is C19H24N4O5. The molecule has 2 rings (SSSR count). The van der Waals surface area contributed by atoms with E-state index in [1.807, 2.05) is 13.8 Å². The molecule has 9 heteroatoms. The van der Waals surface area contributed by atoms with E-state index in [-0.39, 0.29) is 18.0 Å². The van der Waals surface area contributed by atoms with Crippen LogP contribution in [0, 0.1) is 0 Å². The predicted molar refractivity (Wildman–Crippen MR) is 103 cm³/mol. The molecule has 0 spiro atoms. The van der Waals surface area contributed by atoms with Crippen LogP contribution in [-0.2, 0) is 20.7 Å². The highest BCUT2D eigenvalue weighted by Gasteiger charge is 2.12. The summed E-state index contributed by atoms with van der Waals surface area (Å²) in [6, 6.07) is 6.31. The maximum absolute atomic E-state index is 12.0. The van der Waals surface area contributed by atoms with Crippen molar-refractivity contribution in [1.82, 2.24) is 20.6 Å². The Labute approximate surface area is 161 Å². The van der Waals surface area contributed by atoms with Gasteiger partial charge in [0, 0.05) is 18.9 Å². The van der Waals surface area contributed by atoms with E-state index in [4.69, 9.17) is 4.74 Å². The molecule has 1 aromatic heterocycles. The lowest BCUT2D eigenvalue weighted by atomic mass is 10.2. The minimum atomic E-state index is -0.699. The normalized spacial score (nSPS) is 11.6. The summed E-state index contributed by atoms with van der Waals surface area (Å²) < 4.78 is 4.84. The van der Waals surface area contributed by atoms with Gasteiger partial charge in [0.1, 0.15) is 5.82 Å². The van der Waals surface area contributed by atoms with Gasteiger partial charge in [0.05, 0.1) is 10.9 Å². The molecule has 0 unspecified atom stereocenters. The second kappa shape index (κ2) is 10.2. The van der Waals surface area contributed by atoms with E-state index in [1.54, 1.807) is 24.3 Å². The van der Waals surface area contributed by atoms with Crippen LogP contribution in [-0.4, -0.2) is 40.5 Å². The summed E-state index contributed by atoms with van der Waals surface area (Å²) in [5, 5.41) is 5.17. The first kappa shape index (κ1) is 21.1. The number of ether oxygens (including phenoxy) is 1. The molecule has 0 bridgehead atoms. The quantitative estimate of drug-likeness (QED) is 0.586. The van der Waals surface area contributed by atoms with E-state index in [0.29, 0.717) is 29.6 Å². The molecule has 150 valence electrons. The van der Waals surface area contributed by atoms with E-state index >= 15 is 0 Å². The highest BCUT2D eigenvalue weighted by molar-refractivity contribution is 5.95. The van der Waals surface area contributed by atoms with Crippen LogP contribution in [0.3, 0.4) is 0 Å². The van der Waals surface area contributed by atoms with Gasteiger partial charge < -0.3 is 15.0 Å². The largest absolute Gasteiger partial charge is 0.456 e. The number of amides is 3. The molecule has 0 fully saturated rings. The average molecular weight is 388 g/mol. The summed E-state index contributed by atoms with van der Waals surface area (Å²) in [4.78, 5) is 53.8. The Morgan fingerprint density at radius 3 is 2.75 bits per heavy atom. The summed E-state index contributed by atoms with van der Waals surface area (Å²) >= 11 is 0. The summed E-state index contributed by atoms with van der Waals surface area (Å²) in [6.45, 7) is 3.18. The van der Waals surface area contributed by atoms with Crippen molar-refractivity contribution >= 4 is 28.8 Å². The molecule has 9 nitrogen and oxygen atoms in total. The van der Waals surface area contributed by atoms with Crippen LogP contribution >= 0.6 is 0 Å². The third kappa shape index (κ3) is 6.49. The Hall–Kier alpha value is -3.23. The second-order valence-electron chi connectivity index (χ2n) is 6.37. The Balaban J connectivity index is 1.72. The third-order valence-corrected chi connectivity index (χ3v) is 4.06. The van der Waals surface area contributed by atoms with Crippen molar-refractivity contribution in [1.29, 1.82) is 0 Å². The fraction of sp³-hybridized carbons (Fsp3) is 0.421. The number of imide groups is 1. The van der Waals surface area contributed by atoms with Gasteiger partial charge >= 0.3 is 12.0 Å². The molecule has 1 heterocycles. The molecule has 3 N–H and O–H groups in total. The molecule has 2 aromatic rings. The number of nitrogens with zero attached hydrogens (tertiary/aromatic N) is 1. The van der Waals surface area contributed by atoms with E-state index < -0.39 is 24.5 Å². The monoisotopic (exact) mass is 388 g/mol. The summed E-state index contributed by atoms with van der Waals surface area (Å²) in [7, 11) is 0. The van der Waals surface area contributed by atoms with Gasteiger partial charge in [-0.3, -0.25) is 19.7 Å². The molecule has 0 saturated heterocycles. The minimum absolute atomic E-state index is 0.0584. The Kier molecular flexibility index (Phi) is 7.67. The van der Waals surface area contributed by atoms with Crippen LogP contribution in [0.5, 0.6) is 0 Å². The molecule has 28 heavy (non-hydrogen) atoms. The van der Waals surface area contributed by atoms with E-state index in [0.717, 1.165) is 6.42 Å². The number of aromatic nitrogens is 2. The number of hydrogen-bond acceptors (Lipinski definition) is 6. The number of rotatable bonds is 8. The Bertz CT molecular complexity index is 909. The fourth-order valence-corrected chi connectivity index (χ4v) is 2.40. The minimum Gasteiger partial charge on any atom is -0.456 e. The van der Waals surface area contributed by atoms with Crippen LogP contribution in [0.25, 0.3) is 10.9 Å². The van der Waals surface area contributed by atoms with Gasteiger partial charge in [-0.15, -0.1) is 0 Å². The highest BCUT2D eigenvalue weighted by atomic mass is 16.5. The van der Waals surface area contributed by atoms with Crippen molar-refractivity contribution < 1.29 is 19.1 Å². The molecule has 1 atom stereocenters. The van der Waals surface area contributed by atoms with Crippen LogP contribution < -0.4 is 16.2 Å². The number of aromatic amines is 1. The van der Waals surface area contributed by atoms with Crippen molar-refractivity contribution in [2.24, 2.45) is 0 Å². The first-order chi connectivity index (χ1) is 13.4. The summed E-state index contributed by atoms with van der Waals surface area (Å²) in [6.07, 6.45) is 1.58. The molecule has 3 amide bonds. The van der Waals surface area contributed by atoms with Gasteiger partial charge in [-0.1, -0.05) is 19.1 Å². The smallest absolute Gasteiger partial charge is 0.321 e. The van der Waals surface area contributed by atoms with Crippen molar-refractivity contribution in [3.63, 3.8) is 0 Å². The van der Waals surface area contributed by atoms with Gasteiger partial charge in [-0.05, 0) is 31.9 Å². The van der Waals surface area contributed by atoms with Crippen LogP contribution in [0.15, 0.2) is 29.1 Å². The van der Waals surface area contributed by atoms with Crippen molar-refractivity contribution in [3.8, 4) is 0 Å². The van der Waals surface area contributed by atoms with Crippen molar-refractivity contribution in [3.05, 3.63) is 40.4 Å². The molecular weight excluding hydrogens is 364 g/mol. The van der Waals surface area contributed by atoms with Crippen LogP contribution in [0.2, 0.25) is 0 Å². The first-order valence-corrected chi connectivity index (χ1v) is 9.13. The zero-order valence-electron chi connectivity index (χ0n) is 15.9. The number of H-pyrrole nitrogens is 1. The molecule has 0 aliphatic rings. The topological polar surface area (TPSA) is 130 Å².